The maximum Gasteiger partial charge on any atom is 0.225 e. The predicted octanol–water partition coefficient (Wildman–Crippen LogP) is 3.09. The van der Waals surface area contributed by atoms with Crippen molar-refractivity contribution in [1.29, 1.82) is 0 Å². The van der Waals surface area contributed by atoms with Crippen LogP contribution in [0.15, 0.2) is 48.5 Å². The van der Waals surface area contributed by atoms with E-state index in [1.807, 2.05) is 26.0 Å². The second kappa shape index (κ2) is 7.74. The highest BCUT2D eigenvalue weighted by Gasteiger charge is 2.41. The molecule has 1 amide bonds. The normalized spacial score (nSPS) is 21.1. The van der Waals surface area contributed by atoms with E-state index in [-0.39, 0.29) is 23.9 Å². The van der Waals surface area contributed by atoms with Gasteiger partial charge in [0, 0.05) is 43.1 Å². The first kappa shape index (κ1) is 18.7. The van der Waals surface area contributed by atoms with E-state index in [2.05, 4.69) is 51.5 Å². The molecule has 0 aliphatic carbocycles. The molecule has 0 bridgehead atoms. The number of nitrogens with zero attached hydrogens (tertiary/aromatic N) is 2. The van der Waals surface area contributed by atoms with Gasteiger partial charge in [0.2, 0.25) is 5.91 Å². The third-order valence-corrected chi connectivity index (χ3v) is 5.81. The number of benzene rings is 2. The zero-order valence-corrected chi connectivity index (χ0v) is 16.9. The van der Waals surface area contributed by atoms with Gasteiger partial charge in [-0.1, -0.05) is 24.3 Å². The zero-order valence-electron chi connectivity index (χ0n) is 16.9. The Balaban J connectivity index is 1.64. The Morgan fingerprint density at radius 2 is 1.96 bits per heavy atom. The third kappa shape index (κ3) is 3.53. The van der Waals surface area contributed by atoms with Crippen LogP contribution in [-0.2, 0) is 11.2 Å². The van der Waals surface area contributed by atoms with E-state index in [1.54, 1.807) is 7.11 Å². The molecule has 5 nitrogen and oxygen atoms in total. The SMILES string of the molecule is COc1cccc(N2CCN3c4ccccc4C[C@@H](C(=O)NC(C)C)[C@H]3C2)c1. The van der Waals surface area contributed by atoms with Crippen LogP contribution < -0.4 is 19.9 Å². The molecular formula is C23H29N3O2. The molecule has 0 unspecified atom stereocenters. The highest BCUT2D eigenvalue weighted by molar-refractivity contribution is 5.82. The highest BCUT2D eigenvalue weighted by atomic mass is 16.5. The van der Waals surface area contributed by atoms with Gasteiger partial charge in [0.05, 0.1) is 19.1 Å². The molecule has 1 N–H and O–H groups in total. The van der Waals surface area contributed by atoms with Crippen LogP contribution in [0.1, 0.15) is 19.4 Å². The van der Waals surface area contributed by atoms with Gasteiger partial charge in [0.25, 0.3) is 0 Å². The van der Waals surface area contributed by atoms with Crippen LogP contribution in [0.5, 0.6) is 5.75 Å². The summed E-state index contributed by atoms with van der Waals surface area (Å²) in [6.07, 6.45) is 0.793. The minimum absolute atomic E-state index is 0.0503. The zero-order chi connectivity index (χ0) is 19.7. The van der Waals surface area contributed by atoms with Crippen LogP contribution in [0.3, 0.4) is 0 Å². The van der Waals surface area contributed by atoms with Crippen molar-refractivity contribution in [2.45, 2.75) is 32.4 Å². The van der Waals surface area contributed by atoms with Crippen molar-refractivity contribution in [3.63, 3.8) is 0 Å². The van der Waals surface area contributed by atoms with Crippen LogP contribution in [0.2, 0.25) is 0 Å². The number of ether oxygens (including phenoxy) is 1. The summed E-state index contributed by atoms with van der Waals surface area (Å²) in [7, 11) is 1.70. The fourth-order valence-corrected chi connectivity index (χ4v) is 4.49. The largest absolute Gasteiger partial charge is 0.497 e. The Morgan fingerprint density at radius 3 is 2.75 bits per heavy atom. The van der Waals surface area contributed by atoms with E-state index in [0.29, 0.717) is 0 Å². The second-order valence-electron chi connectivity index (χ2n) is 8.01. The summed E-state index contributed by atoms with van der Waals surface area (Å²) in [6, 6.07) is 17.0. The summed E-state index contributed by atoms with van der Waals surface area (Å²) >= 11 is 0. The molecule has 2 heterocycles. The van der Waals surface area contributed by atoms with Gasteiger partial charge in [-0.15, -0.1) is 0 Å². The van der Waals surface area contributed by atoms with Gasteiger partial charge >= 0.3 is 0 Å². The van der Waals surface area contributed by atoms with E-state index in [4.69, 9.17) is 4.74 Å². The van der Waals surface area contributed by atoms with Gasteiger partial charge in [-0.25, -0.2) is 0 Å². The number of para-hydroxylation sites is 1. The van der Waals surface area contributed by atoms with E-state index < -0.39 is 0 Å². The Bertz CT molecular complexity index is 851. The fraction of sp³-hybridized carbons (Fsp3) is 0.435. The van der Waals surface area contributed by atoms with Crippen LogP contribution >= 0.6 is 0 Å². The standard InChI is InChI=1S/C23H29N3O2/c1-16(2)24-23(27)20-13-17-7-4-5-10-21(17)26-12-11-25(15-22(20)26)18-8-6-9-19(14-18)28-3/h4-10,14,16,20,22H,11-13,15H2,1-3H3,(H,24,27)/t20-,22-/m1/s1. The van der Waals surface area contributed by atoms with Crippen molar-refractivity contribution in [2.24, 2.45) is 5.92 Å². The highest BCUT2D eigenvalue weighted by Crippen LogP contribution is 2.37. The lowest BCUT2D eigenvalue weighted by Crippen LogP contribution is -2.61. The smallest absolute Gasteiger partial charge is 0.225 e. The molecule has 0 radical (unpaired) electrons. The van der Waals surface area contributed by atoms with Crippen molar-refractivity contribution in [3.8, 4) is 5.75 Å². The second-order valence-corrected chi connectivity index (χ2v) is 8.01. The van der Waals surface area contributed by atoms with Crippen molar-refractivity contribution < 1.29 is 9.53 Å². The summed E-state index contributed by atoms with van der Waals surface area (Å²) in [5.74, 6) is 0.973. The van der Waals surface area contributed by atoms with E-state index in [0.717, 1.165) is 37.5 Å². The first-order valence-corrected chi connectivity index (χ1v) is 10.1. The van der Waals surface area contributed by atoms with E-state index in [9.17, 15) is 4.79 Å². The Hall–Kier alpha value is -2.69. The minimum atomic E-state index is -0.0503. The molecule has 0 aromatic heterocycles. The maximum absolute atomic E-state index is 13.0. The molecule has 0 saturated carbocycles. The number of anilines is 2. The fourth-order valence-electron chi connectivity index (χ4n) is 4.49. The van der Waals surface area contributed by atoms with Crippen molar-refractivity contribution in [2.75, 3.05) is 36.5 Å². The molecule has 2 aliphatic heterocycles. The van der Waals surface area contributed by atoms with Gasteiger partial charge < -0.3 is 19.9 Å². The molecule has 2 aliphatic rings. The van der Waals surface area contributed by atoms with Crippen LogP contribution in [-0.4, -0.2) is 44.7 Å². The predicted molar refractivity (Wildman–Crippen MR) is 113 cm³/mol. The Morgan fingerprint density at radius 1 is 1.14 bits per heavy atom. The van der Waals surface area contributed by atoms with Gasteiger partial charge in [-0.2, -0.15) is 0 Å². The Kier molecular flexibility index (Phi) is 5.16. The Labute approximate surface area is 167 Å². The first-order chi connectivity index (χ1) is 13.6. The molecule has 0 spiro atoms. The summed E-state index contributed by atoms with van der Waals surface area (Å²) in [6.45, 7) is 6.71. The van der Waals surface area contributed by atoms with Crippen molar-refractivity contribution >= 4 is 17.3 Å². The topological polar surface area (TPSA) is 44.8 Å². The number of hydrogen-bond donors (Lipinski definition) is 1. The molecule has 1 fully saturated rings. The molecule has 2 atom stereocenters. The number of fused-ring (bicyclic) bond motifs is 3. The van der Waals surface area contributed by atoms with Crippen molar-refractivity contribution in [3.05, 3.63) is 54.1 Å². The summed E-state index contributed by atoms with van der Waals surface area (Å²) in [5, 5.41) is 3.15. The number of piperazine rings is 1. The van der Waals surface area contributed by atoms with Crippen LogP contribution in [0.4, 0.5) is 11.4 Å². The quantitative estimate of drug-likeness (QED) is 0.887. The average molecular weight is 380 g/mol. The number of amides is 1. The molecule has 5 heteroatoms. The number of methoxy groups -OCH3 is 1. The number of carbonyl (C=O) groups excluding carboxylic acids is 1. The van der Waals surface area contributed by atoms with Crippen LogP contribution in [0.25, 0.3) is 0 Å². The van der Waals surface area contributed by atoms with Gasteiger partial charge in [-0.3, -0.25) is 4.79 Å². The van der Waals surface area contributed by atoms with Gasteiger partial charge in [-0.05, 0) is 44.0 Å². The summed E-state index contributed by atoms with van der Waals surface area (Å²) in [5.41, 5.74) is 3.71. The number of rotatable bonds is 4. The number of nitrogens with one attached hydrogen (secondary N) is 1. The minimum Gasteiger partial charge on any atom is -0.497 e. The number of hydrogen-bond acceptors (Lipinski definition) is 4. The van der Waals surface area contributed by atoms with Gasteiger partial charge in [0.1, 0.15) is 5.75 Å². The molecular weight excluding hydrogens is 350 g/mol. The average Bonchev–Trinajstić information content (AvgIpc) is 2.72. The monoisotopic (exact) mass is 379 g/mol. The lowest BCUT2D eigenvalue weighted by atomic mass is 9.83. The van der Waals surface area contributed by atoms with E-state index >= 15 is 0 Å². The molecule has 148 valence electrons. The molecule has 28 heavy (non-hydrogen) atoms. The molecule has 2 aromatic rings. The molecule has 4 rings (SSSR count). The first-order valence-electron chi connectivity index (χ1n) is 10.1. The van der Waals surface area contributed by atoms with Gasteiger partial charge in [0.15, 0.2) is 0 Å². The summed E-state index contributed by atoms with van der Waals surface area (Å²) < 4.78 is 5.40. The lowest BCUT2D eigenvalue weighted by molar-refractivity contribution is -0.126. The number of carbonyl (C=O) groups is 1. The van der Waals surface area contributed by atoms with Crippen LogP contribution in [0, 0.1) is 5.92 Å². The maximum atomic E-state index is 13.0. The van der Waals surface area contributed by atoms with Crippen molar-refractivity contribution in [1.82, 2.24) is 5.32 Å². The van der Waals surface area contributed by atoms with E-state index in [1.165, 1.54) is 11.3 Å². The molecule has 1 saturated heterocycles. The lowest BCUT2D eigenvalue weighted by Gasteiger charge is -2.49. The third-order valence-electron chi connectivity index (χ3n) is 5.81. The summed E-state index contributed by atoms with van der Waals surface area (Å²) in [4.78, 5) is 17.9. The molecule has 2 aromatic carbocycles.